The van der Waals surface area contributed by atoms with Gasteiger partial charge in [-0.25, -0.2) is 0 Å². The van der Waals surface area contributed by atoms with Crippen LogP contribution in [0.15, 0.2) is 24.8 Å². The zero-order chi connectivity index (χ0) is 12.1. The van der Waals surface area contributed by atoms with Crippen LogP contribution in [0.1, 0.15) is 11.8 Å². The summed E-state index contributed by atoms with van der Waals surface area (Å²) in [5.74, 6) is -0.0792. The Morgan fingerprint density at radius 3 is 2.76 bits per heavy atom. The van der Waals surface area contributed by atoms with Crippen molar-refractivity contribution in [1.29, 1.82) is 0 Å². The summed E-state index contributed by atoms with van der Waals surface area (Å²) < 4.78 is 0.724. The predicted octanol–water partition coefficient (Wildman–Crippen LogP) is 2.69. The number of carbonyl (C=O) groups excluding carboxylic acids is 1. The van der Waals surface area contributed by atoms with Gasteiger partial charge in [0, 0.05) is 11.4 Å². The van der Waals surface area contributed by atoms with Gasteiger partial charge in [0.1, 0.15) is 0 Å². The number of rotatable bonds is 5. The third-order valence-electron chi connectivity index (χ3n) is 2.03. The summed E-state index contributed by atoms with van der Waals surface area (Å²) in [7, 11) is 0. The summed E-state index contributed by atoms with van der Waals surface area (Å²) >= 11 is 7.30. The quantitative estimate of drug-likeness (QED) is 0.849. The monoisotopic (exact) mass is 294 g/mol. The van der Waals surface area contributed by atoms with E-state index in [1.54, 1.807) is 17.9 Å². The highest BCUT2D eigenvalue weighted by atomic mass is 35.5. The molecule has 96 valence electrons. The molecule has 0 saturated heterocycles. The Kier molecular flexibility index (Phi) is 7.46. The Morgan fingerprint density at radius 2 is 2.35 bits per heavy atom. The molecule has 0 aromatic carbocycles. The van der Waals surface area contributed by atoms with E-state index in [1.165, 1.54) is 11.3 Å². The third-order valence-corrected chi connectivity index (χ3v) is 3.24. The standard InChI is InChI=1S/C11H15ClN2OS.ClH/c1-3-6-14(11(15)8(2)13)7-9-4-5-10(12)16-9;/h3-5,8H,1,6-7,13H2,2H3;1H/t8-;/m0./s1. The van der Waals surface area contributed by atoms with E-state index in [2.05, 4.69) is 6.58 Å². The van der Waals surface area contributed by atoms with Crippen LogP contribution < -0.4 is 5.73 Å². The highest BCUT2D eigenvalue weighted by Crippen LogP contribution is 2.22. The van der Waals surface area contributed by atoms with Crippen molar-refractivity contribution < 1.29 is 4.79 Å². The van der Waals surface area contributed by atoms with Crippen molar-refractivity contribution in [2.45, 2.75) is 19.5 Å². The fourth-order valence-corrected chi connectivity index (χ4v) is 2.40. The number of carbonyl (C=O) groups is 1. The minimum Gasteiger partial charge on any atom is -0.333 e. The number of amides is 1. The lowest BCUT2D eigenvalue weighted by atomic mass is 10.3. The van der Waals surface area contributed by atoms with E-state index in [0.29, 0.717) is 13.1 Å². The average molecular weight is 295 g/mol. The molecule has 0 spiro atoms. The Morgan fingerprint density at radius 1 is 1.71 bits per heavy atom. The molecule has 1 amide bonds. The van der Waals surface area contributed by atoms with Gasteiger partial charge in [-0.15, -0.1) is 30.3 Å². The van der Waals surface area contributed by atoms with Crippen LogP contribution in [-0.4, -0.2) is 23.4 Å². The molecule has 0 bridgehead atoms. The summed E-state index contributed by atoms with van der Waals surface area (Å²) in [5, 5.41) is 0. The van der Waals surface area contributed by atoms with Crippen LogP contribution in [0.5, 0.6) is 0 Å². The molecule has 2 N–H and O–H groups in total. The van der Waals surface area contributed by atoms with Crippen LogP contribution in [-0.2, 0) is 11.3 Å². The number of hydrogen-bond acceptors (Lipinski definition) is 3. The number of thiophene rings is 1. The molecule has 1 aromatic heterocycles. The first kappa shape index (κ1) is 16.4. The summed E-state index contributed by atoms with van der Waals surface area (Å²) in [6.45, 7) is 6.34. The molecule has 0 aliphatic carbocycles. The second-order valence-corrected chi connectivity index (χ2v) is 5.30. The fraction of sp³-hybridized carbons (Fsp3) is 0.364. The largest absolute Gasteiger partial charge is 0.333 e. The lowest BCUT2D eigenvalue weighted by Crippen LogP contribution is -2.41. The van der Waals surface area contributed by atoms with Crippen molar-refractivity contribution in [3.63, 3.8) is 0 Å². The highest BCUT2D eigenvalue weighted by molar-refractivity contribution is 7.16. The SMILES string of the molecule is C=CCN(Cc1ccc(Cl)s1)C(=O)[C@H](C)N.Cl. The van der Waals surface area contributed by atoms with Gasteiger partial charge < -0.3 is 10.6 Å². The van der Waals surface area contributed by atoms with Crippen LogP contribution in [0.25, 0.3) is 0 Å². The molecule has 0 radical (unpaired) electrons. The van der Waals surface area contributed by atoms with Crippen LogP contribution in [0.3, 0.4) is 0 Å². The molecule has 0 saturated carbocycles. The zero-order valence-electron chi connectivity index (χ0n) is 9.56. The van der Waals surface area contributed by atoms with Gasteiger partial charge in [0.2, 0.25) is 5.91 Å². The van der Waals surface area contributed by atoms with Crippen molar-refractivity contribution in [2.24, 2.45) is 5.73 Å². The molecule has 0 aliphatic heterocycles. The lowest BCUT2D eigenvalue weighted by molar-refractivity contribution is -0.132. The van der Waals surface area contributed by atoms with E-state index in [9.17, 15) is 4.79 Å². The van der Waals surface area contributed by atoms with Crippen molar-refractivity contribution in [1.82, 2.24) is 4.90 Å². The molecular weight excluding hydrogens is 279 g/mol. The first-order valence-electron chi connectivity index (χ1n) is 4.94. The van der Waals surface area contributed by atoms with Gasteiger partial charge in [-0.3, -0.25) is 4.79 Å². The average Bonchev–Trinajstić information content (AvgIpc) is 2.62. The van der Waals surface area contributed by atoms with Gasteiger partial charge in [0.05, 0.1) is 16.9 Å². The van der Waals surface area contributed by atoms with E-state index in [0.717, 1.165) is 9.21 Å². The molecule has 0 unspecified atom stereocenters. The Bertz CT molecular complexity index is 379. The van der Waals surface area contributed by atoms with Crippen molar-refractivity contribution >= 4 is 41.3 Å². The zero-order valence-corrected chi connectivity index (χ0v) is 11.9. The molecule has 17 heavy (non-hydrogen) atoms. The van der Waals surface area contributed by atoms with Crippen molar-refractivity contribution in [3.8, 4) is 0 Å². The van der Waals surface area contributed by atoms with Crippen LogP contribution in [0.4, 0.5) is 0 Å². The molecule has 1 atom stereocenters. The number of halogens is 2. The Balaban J connectivity index is 0.00000256. The predicted molar refractivity (Wildman–Crippen MR) is 75.8 cm³/mol. The van der Waals surface area contributed by atoms with E-state index in [-0.39, 0.29) is 18.3 Å². The van der Waals surface area contributed by atoms with Gasteiger partial charge in [0.15, 0.2) is 0 Å². The number of nitrogens with two attached hydrogens (primary N) is 1. The Labute approximate surface area is 117 Å². The summed E-state index contributed by atoms with van der Waals surface area (Å²) in [5.41, 5.74) is 5.58. The van der Waals surface area contributed by atoms with Crippen LogP contribution >= 0.6 is 35.3 Å². The van der Waals surface area contributed by atoms with Crippen LogP contribution in [0, 0.1) is 0 Å². The second-order valence-electron chi connectivity index (χ2n) is 3.50. The maximum absolute atomic E-state index is 11.8. The summed E-state index contributed by atoms with van der Waals surface area (Å²) in [6.07, 6.45) is 1.69. The van der Waals surface area contributed by atoms with Gasteiger partial charge in [-0.2, -0.15) is 0 Å². The topological polar surface area (TPSA) is 46.3 Å². The summed E-state index contributed by atoms with van der Waals surface area (Å²) in [6, 6.07) is 3.25. The highest BCUT2D eigenvalue weighted by Gasteiger charge is 2.17. The Hall–Kier alpha value is -0.550. The minimum absolute atomic E-state index is 0. The van der Waals surface area contributed by atoms with Crippen LogP contribution in [0.2, 0.25) is 4.34 Å². The number of nitrogens with zero attached hydrogens (tertiary/aromatic N) is 1. The lowest BCUT2D eigenvalue weighted by Gasteiger charge is -2.22. The minimum atomic E-state index is -0.490. The van der Waals surface area contributed by atoms with Gasteiger partial charge in [0.25, 0.3) is 0 Å². The van der Waals surface area contributed by atoms with E-state index < -0.39 is 6.04 Å². The summed E-state index contributed by atoms with van der Waals surface area (Å²) in [4.78, 5) is 14.5. The molecule has 1 rings (SSSR count). The maximum Gasteiger partial charge on any atom is 0.239 e. The molecular formula is C11H16Cl2N2OS. The maximum atomic E-state index is 11.8. The van der Waals surface area contributed by atoms with Crippen molar-refractivity contribution in [2.75, 3.05) is 6.54 Å². The van der Waals surface area contributed by atoms with Gasteiger partial charge >= 0.3 is 0 Å². The normalized spacial score (nSPS) is 11.5. The molecule has 0 fully saturated rings. The van der Waals surface area contributed by atoms with E-state index in [4.69, 9.17) is 17.3 Å². The number of hydrogen-bond donors (Lipinski definition) is 1. The first-order valence-corrected chi connectivity index (χ1v) is 6.13. The fourth-order valence-electron chi connectivity index (χ4n) is 1.30. The van der Waals surface area contributed by atoms with Gasteiger partial charge in [-0.05, 0) is 19.1 Å². The molecule has 1 heterocycles. The van der Waals surface area contributed by atoms with Gasteiger partial charge in [-0.1, -0.05) is 17.7 Å². The van der Waals surface area contributed by atoms with E-state index >= 15 is 0 Å². The molecule has 1 aromatic rings. The second kappa shape index (κ2) is 7.71. The van der Waals surface area contributed by atoms with E-state index in [1.807, 2.05) is 12.1 Å². The van der Waals surface area contributed by atoms with Crippen molar-refractivity contribution in [3.05, 3.63) is 34.0 Å². The molecule has 0 aliphatic rings. The third kappa shape index (κ3) is 5.08. The molecule has 3 nitrogen and oxygen atoms in total. The first-order chi connectivity index (χ1) is 7.54. The molecule has 6 heteroatoms. The smallest absolute Gasteiger partial charge is 0.239 e.